The summed E-state index contributed by atoms with van der Waals surface area (Å²) in [4.78, 5) is 0. The first kappa shape index (κ1) is 15.8. The maximum absolute atomic E-state index is 10.0. The van der Waals surface area contributed by atoms with Crippen molar-refractivity contribution in [3.8, 4) is 11.8 Å². The molecule has 1 aromatic carbocycles. The highest BCUT2D eigenvalue weighted by Gasteiger charge is 2.34. The van der Waals surface area contributed by atoms with Gasteiger partial charge in [-0.2, -0.15) is 5.26 Å². The Bertz CT molecular complexity index is 491. The molecule has 2 N–H and O–H groups in total. The zero-order chi connectivity index (χ0) is 15.3. The van der Waals surface area contributed by atoms with E-state index < -0.39 is 6.10 Å². The first-order valence-electron chi connectivity index (χ1n) is 7.56. The fourth-order valence-electron chi connectivity index (χ4n) is 2.86. The van der Waals surface area contributed by atoms with Gasteiger partial charge in [0.1, 0.15) is 18.5 Å². The standard InChI is InChI=1S/C17H24N2O2/c1-17(2)9-3-4-16(17)19-11-14(20)12-21-15-7-5-13(10-18)6-8-15/h5-8,14,16,19-20H,3-4,9,11-12H2,1-2H3. The van der Waals surface area contributed by atoms with E-state index in [9.17, 15) is 5.11 Å². The Morgan fingerprint density at radius 3 is 2.71 bits per heavy atom. The van der Waals surface area contributed by atoms with Crippen molar-refractivity contribution in [3.05, 3.63) is 29.8 Å². The number of aliphatic hydroxyl groups is 1. The van der Waals surface area contributed by atoms with Crippen molar-refractivity contribution in [1.29, 1.82) is 5.26 Å². The van der Waals surface area contributed by atoms with Crippen LogP contribution in [-0.2, 0) is 0 Å². The minimum absolute atomic E-state index is 0.256. The summed E-state index contributed by atoms with van der Waals surface area (Å²) in [5.74, 6) is 0.675. The Labute approximate surface area is 126 Å². The molecule has 4 heteroatoms. The van der Waals surface area contributed by atoms with E-state index in [1.807, 2.05) is 0 Å². The summed E-state index contributed by atoms with van der Waals surface area (Å²) in [6.45, 7) is 5.35. The first-order chi connectivity index (χ1) is 10.0. The lowest BCUT2D eigenvalue weighted by atomic mass is 9.87. The smallest absolute Gasteiger partial charge is 0.119 e. The molecule has 4 nitrogen and oxygen atoms in total. The van der Waals surface area contributed by atoms with Gasteiger partial charge in [0, 0.05) is 12.6 Å². The first-order valence-corrected chi connectivity index (χ1v) is 7.56. The molecule has 0 aromatic heterocycles. The van der Waals surface area contributed by atoms with Gasteiger partial charge in [-0.1, -0.05) is 20.3 Å². The molecular formula is C17H24N2O2. The molecule has 21 heavy (non-hydrogen) atoms. The van der Waals surface area contributed by atoms with E-state index >= 15 is 0 Å². The molecule has 1 saturated carbocycles. The Hall–Kier alpha value is -1.57. The van der Waals surface area contributed by atoms with Crippen LogP contribution in [0.5, 0.6) is 5.75 Å². The molecular weight excluding hydrogens is 264 g/mol. The van der Waals surface area contributed by atoms with Crippen molar-refractivity contribution >= 4 is 0 Å². The van der Waals surface area contributed by atoms with Gasteiger partial charge < -0.3 is 15.2 Å². The Balaban J connectivity index is 1.72. The molecule has 0 radical (unpaired) electrons. The highest BCUT2D eigenvalue weighted by Crippen LogP contribution is 2.37. The zero-order valence-electron chi connectivity index (χ0n) is 12.8. The van der Waals surface area contributed by atoms with Crippen LogP contribution in [-0.4, -0.2) is 30.4 Å². The normalized spacial score (nSPS) is 21.7. The van der Waals surface area contributed by atoms with E-state index in [0.29, 0.717) is 29.3 Å². The number of nitrogens with zero attached hydrogens (tertiary/aromatic N) is 1. The molecule has 2 atom stereocenters. The van der Waals surface area contributed by atoms with E-state index in [1.54, 1.807) is 24.3 Å². The van der Waals surface area contributed by atoms with Crippen LogP contribution in [0, 0.1) is 16.7 Å². The Kier molecular flexibility index (Phi) is 5.22. The van der Waals surface area contributed by atoms with Gasteiger partial charge in [0.25, 0.3) is 0 Å². The summed E-state index contributed by atoms with van der Waals surface area (Å²) < 4.78 is 5.54. The molecule has 0 bridgehead atoms. The summed E-state index contributed by atoms with van der Waals surface area (Å²) in [6, 6.07) is 9.45. The van der Waals surface area contributed by atoms with E-state index in [0.717, 1.165) is 0 Å². The van der Waals surface area contributed by atoms with E-state index in [-0.39, 0.29) is 6.61 Å². The molecule has 1 aliphatic carbocycles. The van der Waals surface area contributed by atoms with Crippen molar-refractivity contribution in [2.45, 2.75) is 45.3 Å². The lowest BCUT2D eigenvalue weighted by molar-refractivity contribution is 0.0986. The topological polar surface area (TPSA) is 65.3 Å². The third-order valence-electron chi connectivity index (χ3n) is 4.28. The van der Waals surface area contributed by atoms with Gasteiger partial charge in [0.2, 0.25) is 0 Å². The molecule has 114 valence electrons. The third kappa shape index (κ3) is 4.45. The average molecular weight is 288 g/mol. The largest absolute Gasteiger partial charge is 0.491 e. The highest BCUT2D eigenvalue weighted by atomic mass is 16.5. The van der Waals surface area contributed by atoms with E-state index in [1.165, 1.54) is 19.3 Å². The number of hydrogen-bond donors (Lipinski definition) is 2. The fraction of sp³-hybridized carbons (Fsp3) is 0.588. The van der Waals surface area contributed by atoms with Crippen LogP contribution in [0.25, 0.3) is 0 Å². The third-order valence-corrected chi connectivity index (χ3v) is 4.28. The average Bonchev–Trinajstić information content (AvgIpc) is 2.82. The summed E-state index contributed by atoms with van der Waals surface area (Å²) in [5.41, 5.74) is 0.918. The number of benzene rings is 1. The second-order valence-corrected chi connectivity index (χ2v) is 6.44. The number of aliphatic hydroxyl groups excluding tert-OH is 1. The molecule has 0 spiro atoms. The number of nitriles is 1. The molecule has 0 saturated heterocycles. The van der Waals surface area contributed by atoms with Crippen molar-refractivity contribution < 1.29 is 9.84 Å². The monoisotopic (exact) mass is 288 g/mol. The van der Waals surface area contributed by atoms with Crippen LogP contribution in [0.3, 0.4) is 0 Å². The summed E-state index contributed by atoms with van der Waals surface area (Å²) >= 11 is 0. The van der Waals surface area contributed by atoms with Crippen molar-refractivity contribution in [2.75, 3.05) is 13.2 Å². The SMILES string of the molecule is CC1(C)CCCC1NCC(O)COc1ccc(C#N)cc1. The predicted molar refractivity (Wildman–Crippen MR) is 82.1 cm³/mol. The number of rotatable bonds is 6. The van der Waals surface area contributed by atoms with Crippen LogP contribution in [0.1, 0.15) is 38.7 Å². The molecule has 1 aromatic rings. The second kappa shape index (κ2) is 6.93. The van der Waals surface area contributed by atoms with Gasteiger partial charge in [-0.25, -0.2) is 0 Å². The second-order valence-electron chi connectivity index (χ2n) is 6.44. The molecule has 0 heterocycles. The quantitative estimate of drug-likeness (QED) is 0.844. The lowest BCUT2D eigenvalue weighted by Gasteiger charge is -2.28. The van der Waals surface area contributed by atoms with Crippen LogP contribution in [0.4, 0.5) is 0 Å². The molecule has 0 aliphatic heterocycles. The van der Waals surface area contributed by atoms with Crippen molar-refractivity contribution in [3.63, 3.8) is 0 Å². The van der Waals surface area contributed by atoms with Gasteiger partial charge in [-0.05, 0) is 42.5 Å². The van der Waals surface area contributed by atoms with Gasteiger partial charge in [0.05, 0.1) is 11.6 Å². The van der Waals surface area contributed by atoms with Gasteiger partial charge in [0.15, 0.2) is 0 Å². The molecule has 2 unspecified atom stereocenters. The van der Waals surface area contributed by atoms with Gasteiger partial charge in [-0.15, -0.1) is 0 Å². The van der Waals surface area contributed by atoms with Crippen LogP contribution < -0.4 is 10.1 Å². The number of nitrogens with one attached hydrogen (secondary N) is 1. The molecule has 0 amide bonds. The zero-order valence-corrected chi connectivity index (χ0v) is 12.8. The maximum atomic E-state index is 10.0. The van der Waals surface area contributed by atoms with Crippen molar-refractivity contribution in [2.24, 2.45) is 5.41 Å². The highest BCUT2D eigenvalue weighted by molar-refractivity contribution is 5.34. The number of ether oxygens (including phenoxy) is 1. The van der Waals surface area contributed by atoms with Gasteiger partial charge >= 0.3 is 0 Å². The Morgan fingerprint density at radius 2 is 2.14 bits per heavy atom. The minimum Gasteiger partial charge on any atom is -0.491 e. The van der Waals surface area contributed by atoms with Crippen LogP contribution in [0.15, 0.2) is 24.3 Å². The minimum atomic E-state index is -0.531. The molecule has 2 rings (SSSR count). The Morgan fingerprint density at radius 1 is 1.43 bits per heavy atom. The van der Waals surface area contributed by atoms with Crippen molar-refractivity contribution in [1.82, 2.24) is 5.32 Å². The van der Waals surface area contributed by atoms with Gasteiger partial charge in [-0.3, -0.25) is 0 Å². The summed E-state index contributed by atoms with van der Waals surface area (Å²) in [5, 5.41) is 22.2. The summed E-state index contributed by atoms with van der Waals surface area (Å²) in [6.07, 6.45) is 3.14. The van der Waals surface area contributed by atoms with E-state index in [2.05, 4.69) is 25.2 Å². The number of hydrogen-bond acceptors (Lipinski definition) is 4. The molecule has 1 aliphatic rings. The maximum Gasteiger partial charge on any atom is 0.119 e. The molecule has 1 fully saturated rings. The van der Waals surface area contributed by atoms with E-state index in [4.69, 9.17) is 10.00 Å². The summed E-state index contributed by atoms with van der Waals surface area (Å²) in [7, 11) is 0. The van der Waals surface area contributed by atoms with Crippen LogP contribution in [0.2, 0.25) is 0 Å². The lowest BCUT2D eigenvalue weighted by Crippen LogP contribution is -2.43. The predicted octanol–water partition coefficient (Wildman–Crippen LogP) is 2.47. The van der Waals surface area contributed by atoms with Crippen LogP contribution >= 0.6 is 0 Å². The fourth-order valence-corrected chi connectivity index (χ4v) is 2.86.